The molecule has 1 nitrogen and oxygen atoms in total. The molecule has 0 aliphatic rings. The van der Waals surface area contributed by atoms with Gasteiger partial charge in [0.25, 0.3) is 0 Å². The van der Waals surface area contributed by atoms with Crippen LogP contribution in [0.4, 0.5) is 0 Å². The first-order chi connectivity index (χ1) is 18.0. The molecule has 0 heterocycles. The molecule has 0 aromatic heterocycles. The van der Waals surface area contributed by atoms with Crippen LogP contribution >= 0.6 is 7.92 Å². The Labute approximate surface area is 241 Å². The van der Waals surface area contributed by atoms with E-state index < -0.39 is 7.92 Å². The van der Waals surface area contributed by atoms with Crippen LogP contribution < -0.4 is 10.0 Å². The van der Waals surface area contributed by atoms with Crippen molar-refractivity contribution in [2.24, 2.45) is 0 Å². The molecule has 0 fully saturated rings. The highest BCUT2D eigenvalue weighted by Crippen LogP contribution is 2.62. The summed E-state index contributed by atoms with van der Waals surface area (Å²) >= 11 is 0. The average molecular weight is 545 g/mol. The Hall–Kier alpha value is -2.11. The van der Waals surface area contributed by atoms with Gasteiger partial charge in [-0.1, -0.05) is 133 Å². The van der Waals surface area contributed by atoms with Crippen molar-refractivity contribution < 1.29 is 4.74 Å². The van der Waals surface area contributed by atoms with Crippen LogP contribution in [0.2, 0.25) is 0 Å². The summed E-state index contributed by atoms with van der Waals surface area (Å²) in [5, 5.41) is 1.64. The largest absolute Gasteiger partial charge is 0.496 e. The SMILES string of the molecule is COc1ccc(C)c(-c2c(C(C)C)cc(C(C)C)c(-c3ccccc3)c2C(C)C)c1P(C(C)(C)C)C(C)(C)C. The van der Waals surface area contributed by atoms with Crippen molar-refractivity contribution in [3.8, 4) is 28.0 Å². The molecule has 0 aliphatic heterocycles. The standard InChI is InChI=1S/C37H53OP/c1-23(2)28-22-29(24(3)4)34(31(25(5)6)33(28)27-18-16-15-17-19-27)32-26(7)20-21-30(38-14)35(32)39(36(8,9)10)37(11,12)13/h15-25H,1-14H3. The summed E-state index contributed by atoms with van der Waals surface area (Å²) < 4.78 is 6.23. The number of ether oxygens (including phenoxy) is 1. The fraction of sp³-hybridized carbons (Fsp3) is 0.514. The molecule has 3 aromatic rings. The lowest BCUT2D eigenvalue weighted by Gasteiger charge is -2.44. The highest BCUT2D eigenvalue weighted by molar-refractivity contribution is 7.69. The van der Waals surface area contributed by atoms with Gasteiger partial charge in [0.2, 0.25) is 0 Å². The fourth-order valence-corrected chi connectivity index (χ4v) is 10.7. The van der Waals surface area contributed by atoms with Crippen LogP contribution in [0.1, 0.15) is 123 Å². The van der Waals surface area contributed by atoms with E-state index in [0.717, 1.165) is 5.75 Å². The Morgan fingerprint density at radius 3 is 1.59 bits per heavy atom. The Bertz CT molecular complexity index is 1270. The summed E-state index contributed by atoms with van der Waals surface area (Å²) in [6.07, 6.45) is 0. The van der Waals surface area contributed by atoms with Crippen LogP contribution in [-0.2, 0) is 0 Å². The molecule has 212 valence electrons. The van der Waals surface area contributed by atoms with Gasteiger partial charge in [0.05, 0.1) is 7.11 Å². The molecular formula is C37H53OP. The van der Waals surface area contributed by atoms with E-state index in [4.69, 9.17) is 4.74 Å². The van der Waals surface area contributed by atoms with Gasteiger partial charge in [0, 0.05) is 5.30 Å². The van der Waals surface area contributed by atoms with Crippen LogP contribution in [0, 0.1) is 6.92 Å². The monoisotopic (exact) mass is 544 g/mol. The van der Waals surface area contributed by atoms with Gasteiger partial charge >= 0.3 is 0 Å². The van der Waals surface area contributed by atoms with Gasteiger partial charge < -0.3 is 4.74 Å². The van der Waals surface area contributed by atoms with E-state index in [0.29, 0.717) is 17.8 Å². The Balaban J connectivity index is 2.71. The third-order valence-electron chi connectivity index (χ3n) is 7.70. The summed E-state index contributed by atoms with van der Waals surface area (Å²) in [7, 11) is 1.25. The second-order valence-corrected chi connectivity index (χ2v) is 17.8. The number of hydrogen-bond donors (Lipinski definition) is 0. The van der Waals surface area contributed by atoms with Crippen LogP contribution in [0.15, 0.2) is 48.5 Å². The molecular weight excluding hydrogens is 491 g/mol. The third-order valence-corrected chi connectivity index (χ3v) is 11.3. The van der Waals surface area contributed by atoms with E-state index in [1.807, 2.05) is 7.11 Å². The molecule has 0 N–H and O–H groups in total. The van der Waals surface area contributed by atoms with Crippen molar-refractivity contribution in [3.63, 3.8) is 0 Å². The van der Waals surface area contributed by atoms with Gasteiger partial charge in [-0.3, -0.25) is 0 Å². The van der Waals surface area contributed by atoms with Gasteiger partial charge in [-0.05, 0) is 85.6 Å². The minimum Gasteiger partial charge on any atom is -0.496 e. The molecule has 0 amide bonds. The predicted molar refractivity (Wildman–Crippen MR) is 177 cm³/mol. The molecule has 0 bridgehead atoms. The molecule has 2 heteroatoms. The minimum atomic E-state index is -0.597. The van der Waals surface area contributed by atoms with E-state index in [1.54, 1.807) is 0 Å². The maximum atomic E-state index is 6.23. The molecule has 0 unspecified atom stereocenters. The molecule has 0 saturated carbocycles. The molecule has 3 rings (SSSR count). The topological polar surface area (TPSA) is 9.23 Å². The number of benzene rings is 3. The van der Waals surface area contributed by atoms with Crippen LogP contribution in [0.25, 0.3) is 22.3 Å². The minimum absolute atomic E-state index is 0.111. The van der Waals surface area contributed by atoms with E-state index >= 15 is 0 Å². The molecule has 0 aliphatic carbocycles. The van der Waals surface area contributed by atoms with Gasteiger partial charge in [-0.25, -0.2) is 0 Å². The lowest BCUT2D eigenvalue weighted by atomic mass is 9.75. The van der Waals surface area contributed by atoms with Crippen molar-refractivity contribution in [2.75, 3.05) is 7.11 Å². The quantitative estimate of drug-likeness (QED) is 0.269. The first kappa shape index (κ1) is 31.4. The summed E-state index contributed by atoms with van der Waals surface area (Å²) in [6.45, 7) is 31.0. The van der Waals surface area contributed by atoms with E-state index in [1.165, 1.54) is 49.8 Å². The van der Waals surface area contributed by atoms with E-state index in [2.05, 4.69) is 139 Å². The number of aryl methyl sites for hydroxylation is 1. The zero-order valence-corrected chi connectivity index (χ0v) is 28.1. The van der Waals surface area contributed by atoms with Crippen LogP contribution in [0.5, 0.6) is 5.75 Å². The summed E-state index contributed by atoms with van der Waals surface area (Å²) in [6, 6.07) is 18.1. The molecule has 0 atom stereocenters. The van der Waals surface area contributed by atoms with Crippen molar-refractivity contribution in [3.05, 3.63) is 70.8 Å². The average Bonchev–Trinajstić information content (AvgIpc) is 2.81. The Morgan fingerprint density at radius 1 is 0.641 bits per heavy atom. The normalized spacial score (nSPS) is 12.8. The van der Waals surface area contributed by atoms with Crippen molar-refractivity contribution in [2.45, 2.75) is 118 Å². The molecule has 0 saturated heterocycles. The van der Waals surface area contributed by atoms with E-state index in [9.17, 15) is 0 Å². The maximum Gasteiger partial charge on any atom is 0.127 e. The first-order valence-corrected chi connectivity index (χ1v) is 16.1. The highest BCUT2D eigenvalue weighted by atomic mass is 31.1. The van der Waals surface area contributed by atoms with E-state index in [-0.39, 0.29) is 10.3 Å². The first-order valence-electron chi connectivity index (χ1n) is 14.8. The second-order valence-electron chi connectivity index (χ2n) is 14.0. The highest BCUT2D eigenvalue weighted by Gasteiger charge is 2.40. The molecule has 3 aromatic carbocycles. The number of rotatable bonds is 7. The number of hydrogen-bond acceptors (Lipinski definition) is 1. The Morgan fingerprint density at radius 2 is 1.15 bits per heavy atom. The van der Waals surface area contributed by atoms with Gasteiger partial charge in [-0.15, -0.1) is 0 Å². The third kappa shape index (κ3) is 6.30. The Kier molecular flexibility index (Phi) is 9.49. The van der Waals surface area contributed by atoms with Crippen molar-refractivity contribution in [1.82, 2.24) is 0 Å². The molecule has 39 heavy (non-hydrogen) atoms. The lowest BCUT2D eigenvalue weighted by Crippen LogP contribution is -2.33. The fourth-order valence-electron chi connectivity index (χ4n) is 6.49. The van der Waals surface area contributed by atoms with Gasteiger partial charge in [0.15, 0.2) is 0 Å². The predicted octanol–water partition coefficient (Wildman–Crippen LogP) is 11.4. The maximum absolute atomic E-state index is 6.23. The zero-order valence-electron chi connectivity index (χ0n) is 27.2. The van der Waals surface area contributed by atoms with Gasteiger partial charge in [0.1, 0.15) is 5.75 Å². The van der Waals surface area contributed by atoms with Gasteiger partial charge in [-0.2, -0.15) is 0 Å². The lowest BCUT2D eigenvalue weighted by molar-refractivity contribution is 0.418. The number of methoxy groups -OCH3 is 1. The van der Waals surface area contributed by atoms with Crippen molar-refractivity contribution in [1.29, 1.82) is 0 Å². The molecule has 0 spiro atoms. The summed E-state index contributed by atoms with van der Waals surface area (Å²) in [5.41, 5.74) is 11.3. The molecule has 0 radical (unpaired) electrons. The second kappa shape index (κ2) is 11.8. The smallest absolute Gasteiger partial charge is 0.127 e. The zero-order chi connectivity index (χ0) is 29.4. The summed E-state index contributed by atoms with van der Waals surface area (Å²) in [4.78, 5) is 0. The van der Waals surface area contributed by atoms with Crippen LogP contribution in [-0.4, -0.2) is 17.4 Å². The van der Waals surface area contributed by atoms with Crippen molar-refractivity contribution >= 4 is 13.2 Å². The summed E-state index contributed by atoms with van der Waals surface area (Å²) in [5.74, 6) is 2.22. The van der Waals surface area contributed by atoms with Crippen LogP contribution in [0.3, 0.4) is 0 Å².